The lowest BCUT2D eigenvalue weighted by Crippen LogP contribution is -2.49. The van der Waals surface area contributed by atoms with Crippen molar-refractivity contribution in [1.29, 1.82) is 5.26 Å². The standard InChI is InChI=1S/C13H25N3O/c1-3-4-10-17-11-9-15-5-7-16(8-6-15)13(2)12-14/h13H,3-11H2,1-2H3. The van der Waals surface area contributed by atoms with Crippen LogP contribution in [0.1, 0.15) is 26.7 Å². The summed E-state index contributed by atoms with van der Waals surface area (Å²) in [6.07, 6.45) is 2.36. The Bertz CT molecular complexity index is 231. The molecule has 0 N–H and O–H groups in total. The molecular formula is C13H25N3O. The van der Waals surface area contributed by atoms with E-state index in [0.29, 0.717) is 0 Å². The molecule has 0 aromatic carbocycles. The Labute approximate surface area is 105 Å². The highest BCUT2D eigenvalue weighted by atomic mass is 16.5. The fourth-order valence-corrected chi connectivity index (χ4v) is 2.00. The highest BCUT2D eigenvalue weighted by molar-refractivity contribution is 4.90. The molecule has 1 aliphatic heterocycles. The first-order chi connectivity index (χ1) is 8.27. The molecular weight excluding hydrogens is 214 g/mol. The van der Waals surface area contributed by atoms with E-state index in [2.05, 4.69) is 22.8 Å². The lowest BCUT2D eigenvalue weighted by atomic mass is 10.2. The normalized spacial score (nSPS) is 20.1. The number of hydrogen-bond acceptors (Lipinski definition) is 4. The minimum Gasteiger partial charge on any atom is -0.380 e. The second-order valence-electron chi connectivity index (χ2n) is 4.65. The van der Waals surface area contributed by atoms with Crippen molar-refractivity contribution in [2.24, 2.45) is 0 Å². The number of unbranched alkanes of at least 4 members (excludes halogenated alkanes) is 1. The van der Waals surface area contributed by atoms with Gasteiger partial charge in [-0.05, 0) is 13.3 Å². The molecule has 1 heterocycles. The molecule has 0 aromatic heterocycles. The molecule has 0 spiro atoms. The molecule has 0 aliphatic carbocycles. The minimum atomic E-state index is 0.0537. The third-order valence-corrected chi connectivity index (χ3v) is 3.34. The molecule has 98 valence electrons. The first-order valence-electron chi connectivity index (χ1n) is 6.71. The summed E-state index contributed by atoms with van der Waals surface area (Å²) in [5.41, 5.74) is 0. The Balaban J connectivity index is 2.05. The Morgan fingerprint density at radius 3 is 2.53 bits per heavy atom. The van der Waals surface area contributed by atoms with Crippen LogP contribution < -0.4 is 0 Å². The molecule has 1 atom stereocenters. The molecule has 0 saturated carbocycles. The SMILES string of the molecule is CCCCOCCN1CCN(C(C)C#N)CC1. The molecule has 1 rings (SSSR count). The predicted molar refractivity (Wildman–Crippen MR) is 68.8 cm³/mol. The van der Waals surface area contributed by atoms with Gasteiger partial charge in [0.15, 0.2) is 0 Å². The van der Waals surface area contributed by atoms with Gasteiger partial charge in [0.1, 0.15) is 0 Å². The number of rotatable bonds is 7. The number of ether oxygens (including phenoxy) is 1. The summed E-state index contributed by atoms with van der Waals surface area (Å²) in [6.45, 7) is 11.0. The molecule has 1 fully saturated rings. The fourth-order valence-electron chi connectivity index (χ4n) is 2.00. The van der Waals surface area contributed by atoms with Crippen molar-refractivity contribution < 1.29 is 4.74 Å². The topological polar surface area (TPSA) is 39.5 Å². The Morgan fingerprint density at radius 2 is 1.94 bits per heavy atom. The lowest BCUT2D eigenvalue weighted by Gasteiger charge is -2.35. The number of hydrogen-bond donors (Lipinski definition) is 0. The average Bonchev–Trinajstić information content (AvgIpc) is 2.38. The van der Waals surface area contributed by atoms with Crippen LogP contribution in [0.5, 0.6) is 0 Å². The highest BCUT2D eigenvalue weighted by Gasteiger charge is 2.20. The molecule has 0 radical (unpaired) electrons. The van der Waals surface area contributed by atoms with Crippen LogP contribution >= 0.6 is 0 Å². The average molecular weight is 239 g/mol. The van der Waals surface area contributed by atoms with Crippen LogP contribution in [0.15, 0.2) is 0 Å². The zero-order valence-electron chi connectivity index (χ0n) is 11.2. The van der Waals surface area contributed by atoms with E-state index in [4.69, 9.17) is 10.00 Å². The second-order valence-corrected chi connectivity index (χ2v) is 4.65. The summed E-state index contributed by atoms with van der Waals surface area (Å²) in [5.74, 6) is 0. The van der Waals surface area contributed by atoms with Crippen LogP contribution in [0, 0.1) is 11.3 Å². The van der Waals surface area contributed by atoms with Crippen LogP contribution in [-0.2, 0) is 4.74 Å². The number of nitrogens with zero attached hydrogens (tertiary/aromatic N) is 3. The van der Waals surface area contributed by atoms with Crippen molar-refractivity contribution in [1.82, 2.24) is 9.80 Å². The third-order valence-electron chi connectivity index (χ3n) is 3.34. The molecule has 1 unspecified atom stereocenters. The van der Waals surface area contributed by atoms with Crippen LogP contribution in [-0.4, -0.2) is 61.8 Å². The van der Waals surface area contributed by atoms with Gasteiger partial charge in [0.25, 0.3) is 0 Å². The van der Waals surface area contributed by atoms with E-state index >= 15 is 0 Å². The monoisotopic (exact) mass is 239 g/mol. The summed E-state index contributed by atoms with van der Waals surface area (Å²) >= 11 is 0. The smallest absolute Gasteiger partial charge is 0.0950 e. The molecule has 17 heavy (non-hydrogen) atoms. The quantitative estimate of drug-likeness (QED) is 0.628. The van der Waals surface area contributed by atoms with Gasteiger partial charge in [-0.1, -0.05) is 13.3 Å². The van der Waals surface area contributed by atoms with E-state index < -0.39 is 0 Å². The maximum atomic E-state index is 8.85. The van der Waals surface area contributed by atoms with Crippen molar-refractivity contribution in [3.8, 4) is 6.07 Å². The van der Waals surface area contributed by atoms with Crippen molar-refractivity contribution in [2.45, 2.75) is 32.7 Å². The Hall–Kier alpha value is -0.630. The zero-order valence-corrected chi connectivity index (χ0v) is 11.2. The zero-order chi connectivity index (χ0) is 12.5. The van der Waals surface area contributed by atoms with E-state index in [1.807, 2.05) is 6.92 Å². The summed E-state index contributed by atoms with van der Waals surface area (Å²) < 4.78 is 5.56. The molecule has 0 amide bonds. The summed E-state index contributed by atoms with van der Waals surface area (Å²) in [7, 11) is 0. The summed E-state index contributed by atoms with van der Waals surface area (Å²) in [5, 5.41) is 8.85. The maximum absolute atomic E-state index is 8.85. The van der Waals surface area contributed by atoms with Crippen molar-refractivity contribution >= 4 is 0 Å². The van der Waals surface area contributed by atoms with Gasteiger partial charge in [-0.3, -0.25) is 9.80 Å². The third kappa shape index (κ3) is 5.49. The van der Waals surface area contributed by atoms with E-state index in [1.54, 1.807) is 0 Å². The van der Waals surface area contributed by atoms with Crippen LogP contribution in [0.3, 0.4) is 0 Å². The summed E-state index contributed by atoms with van der Waals surface area (Å²) in [6, 6.07) is 2.35. The first-order valence-corrected chi connectivity index (χ1v) is 6.71. The van der Waals surface area contributed by atoms with Gasteiger partial charge in [0.2, 0.25) is 0 Å². The maximum Gasteiger partial charge on any atom is 0.0950 e. The van der Waals surface area contributed by atoms with E-state index in [9.17, 15) is 0 Å². The minimum absolute atomic E-state index is 0.0537. The van der Waals surface area contributed by atoms with E-state index in [-0.39, 0.29) is 6.04 Å². The molecule has 1 aliphatic rings. The van der Waals surface area contributed by atoms with Crippen molar-refractivity contribution in [3.63, 3.8) is 0 Å². The van der Waals surface area contributed by atoms with Gasteiger partial charge in [-0.15, -0.1) is 0 Å². The lowest BCUT2D eigenvalue weighted by molar-refractivity contribution is 0.0698. The number of nitriles is 1. The molecule has 4 nitrogen and oxygen atoms in total. The van der Waals surface area contributed by atoms with E-state index in [1.165, 1.54) is 6.42 Å². The van der Waals surface area contributed by atoms with Gasteiger partial charge in [0, 0.05) is 39.3 Å². The number of piperazine rings is 1. The molecule has 4 heteroatoms. The largest absolute Gasteiger partial charge is 0.380 e. The van der Waals surface area contributed by atoms with Gasteiger partial charge >= 0.3 is 0 Å². The Kier molecular flexibility index (Phi) is 7.18. The van der Waals surface area contributed by atoms with Gasteiger partial charge in [-0.2, -0.15) is 5.26 Å². The first kappa shape index (κ1) is 14.4. The molecule has 1 saturated heterocycles. The van der Waals surface area contributed by atoms with Gasteiger partial charge in [0.05, 0.1) is 18.7 Å². The molecule has 0 aromatic rings. The van der Waals surface area contributed by atoms with Crippen molar-refractivity contribution in [2.75, 3.05) is 45.9 Å². The molecule has 0 bridgehead atoms. The highest BCUT2D eigenvalue weighted by Crippen LogP contribution is 2.05. The van der Waals surface area contributed by atoms with Crippen molar-refractivity contribution in [3.05, 3.63) is 0 Å². The van der Waals surface area contributed by atoms with Gasteiger partial charge in [-0.25, -0.2) is 0 Å². The van der Waals surface area contributed by atoms with Crippen LogP contribution in [0.25, 0.3) is 0 Å². The predicted octanol–water partition coefficient (Wildman–Crippen LogP) is 1.33. The van der Waals surface area contributed by atoms with Crippen LogP contribution in [0.4, 0.5) is 0 Å². The van der Waals surface area contributed by atoms with E-state index in [0.717, 1.165) is 52.4 Å². The summed E-state index contributed by atoms with van der Waals surface area (Å²) in [4.78, 5) is 4.67. The second kappa shape index (κ2) is 8.46. The van der Waals surface area contributed by atoms with Gasteiger partial charge < -0.3 is 4.74 Å². The fraction of sp³-hybridized carbons (Fsp3) is 0.923. The van der Waals surface area contributed by atoms with Crippen LogP contribution in [0.2, 0.25) is 0 Å². The Morgan fingerprint density at radius 1 is 1.24 bits per heavy atom.